The molecule has 1 aliphatic rings. The van der Waals surface area contributed by atoms with Gasteiger partial charge in [-0.1, -0.05) is 13.0 Å². The van der Waals surface area contributed by atoms with Crippen LogP contribution in [0.2, 0.25) is 0 Å². The van der Waals surface area contributed by atoms with E-state index in [1.165, 1.54) is 4.90 Å². The smallest absolute Gasteiger partial charge is 0.295 e. The number of hydrogen-bond acceptors (Lipinski definition) is 5. The minimum atomic E-state index is -0.680. The van der Waals surface area contributed by atoms with E-state index in [0.29, 0.717) is 29.8 Å². The molecular formula is C20H20N2O4. The van der Waals surface area contributed by atoms with E-state index in [0.717, 1.165) is 0 Å². The average Bonchev–Trinajstić information content (AvgIpc) is 2.93. The van der Waals surface area contributed by atoms with Crippen molar-refractivity contribution in [2.45, 2.75) is 19.4 Å². The minimum absolute atomic E-state index is 0.0848. The second kappa shape index (κ2) is 7.39. The van der Waals surface area contributed by atoms with Gasteiger partial charge in [-0.15, -0.1) is 0 Å². The summed E-state index contributed by atoms with van der Waals surface area (Å²) in [5, 5.41) is 10.8. The molecule has 3 rings (SSSR count). The molecule has 1 aromatic heterocycles. The molecule has 0 radical (unpaired) electrons. The van der Waals surface area contributed by atoms with Crippen LogP contribution in [0.15, 0.2) is 54.4 Å². The number of ether oxygens (including phenoxy) is 1. The second-order valence-electron chi connectivity index (χ2n) is 6.01. The van der Waals surface area contributed by atoms with Gasteiger partial charge in [-0.25, -0.2) is 0 Å². The first kappa shape index (κ1) is 17.7. The van der Waals surface area contributed by atoms with Crippen LogP contribution in [0.4, 0.5) is 0 Å². The predicted molar refractivity (Wildman–Crippen MR) is 96.5 cm³/mol. The van der Waals surface area contributed by atoms with Crippen LogP contribution in [-0.2, 0) is 9.59 Å². The fraction of sp³-hybridized carbons (Fsp3) is 0.250. The third-order valence-corrected chi connectivity index (χ3v) is 4.37. The number of likely N-dealkylation sites (tertiary alicyclic amines) is 1. The largest absolute Gasteiger partial charge is 0.507 e. The third-order valence-electron chi connectivity index (χ3n) is 4.37. The number of pyridine rings is 1. The van der Waals surface area contributed by atoms with Gasteiger partial charge in [-0.3, -0.25) is 14.6 Å². The van der Waals surface area contributed by atoms with Gasteiger partial charge in [0.1, 0.15) is 11.5 Å². The van der Waals surface area contributed by atoms with Gasteiger partial charge in [0.15, 0.2) is 0 Å². The van der Waals surface area contributed by atoms with E-state index in [1.54, 1.807) is 55.9 Å². The van der Waals surface area contributed by atoms with Gasteiger partial charge in [0.05, 0.1) is 18.7 Å². The molecular weight excluding hydrogens is 332 g/mol. The number of aliphatic hydroxyl groups excluding tert-OH is 1. The van der Waals surface area contributed by atoms with E-state index >= 15 is 0 Å². The van der Waals surface area contributed by atoms with Crippen molar-refractivity contribution in [2.24, 2.45) is 0 Å². The van der Waals surface area contributed by atoms with Crippen molar-refractivity contribution in [3.63, 3.8) is 0 Å². The van der Waals surface area contributed by atoms with Crippen molar-refractivity contribution < 1.29 is 19.4 Å². The molecule has 1 atom stereocenters. The highest BCUT2D eigenvalue weighted by atomic mass is 16.5. The molecule has 0 aliphatic carbocycles. The molecule has 1 saturated heterocycles. The Bertz CT molecular complexity index is 844. The number of aliphatic hydroxyl groups is 1. The van der Waals surface area contributed by atoms with Crippen molar-refractivity contribution in [1.29, 1.82) is 0 Å². The van der Waals surface area contributed by atoms with Crippen molar-refractivity contribution >= 4 is 17.4 Å². The third kappa shape index (κ3) is 3.06. The highest BCUT2D eigenvalue weighted by Crippen LogP contribution is 2.39. The summed E-state index contributed by atoms with van der Waals surface area (Å²) < 4.78 is 5.12. The molecule has 2 heterocycles. The summed E-state index contributed by atoms with van der Waals surface area (Å²) in [6, 6.07) is 9.59. The van der Waals surface area contributed by atoms with Crippen LogP contribution < -0.4 is 4.74 Å². The molecule has 0 spiro atoms. The number of Topliss-reactive ketones (excluding diaryl/α,β-unsaturated/α-hetero) is 1. The number of rotatable bonds is 5. The summed E-state index contributed by atoms with van der Waals surface area (Å²) in [6.07, 6.45) is 3.94. The zero-order valence-electron chi connectivity index (χ0n) is 14.7. The lowest BCUT2D eigenvalue weighted by Crippen LogP contribution is -2.30. The Morgan fingerprint density at radius 2 is 1.96 bits per heavy atom. The highest BCUT2D eigenvalue weighted by Gasteiger charge is 2.45. The Morgan fingerprint density at radius 3 is 2.54 bits per heavy atom. The Hall–Kier alpha value is -3.15. The van der Waals surface area contributed by atoms with Gasteiger partial charge in [-0.2, -0.15) is 0 Å². The molecule has 134 valence electrons. The number of carbonyl (C=O) groups excluding carboxylic acids is 2. The predicted octanol–water partition coefficient (Wildman–Crippen LogP) is 2.92. The van der Waals surface area contributed by atoms with Gasteiger partial charge in [0.25, 0.3) is 11.7 Å². The van der Waals surface area contributed by atoms with E-state index in [2.05, 4.69) is 4.98 Å². The number of carbonyl (C=O) groups is 2. The van der Waals surface area contributed by atoms with E-state index in [-0.39, 0.29) is 11.3 Å². The standard InChI is InChI=1S/C20H20N2O4/c1-3-11-22-17(14-5-4-10-21-12-14)16(19(24)20(22)25)18(23)13-6-8-15(26-2)9-7-13/h4-10,12,17,23H,3,11H2,1-2H3/b18-16-. The first-order valence-electron chi connectivity index (χ1n) is 8.41. The summed E-state index contributed by atoms with van der Waals surface area (Å²) >= 11 is 0. The number of aromatic nitrogens is 1. The van der Waals surface area contributed by atoms with Gasteiger partial charge in [-0.05, 0) is 42.3 Å². The zero-order valence-corrected chi connectivity index (χ0v) is 14.7. The van der Waals surface area contributed by atoms with Crippen LogP contribution in [0.3, 0.4) is 0 Å². The Morgan fingerprint density at radius 1 is 1.23 bits per heavy atom. The Kier molecular flexibility index (Phi) is 5.02. The number of ketones is 1. The average molecular weight is 352 g/mol. The fourth-order valence-corrected chi connectivity index (χ4v) is 3.14. The SMILES string of the molecule is CCCN1C(=O)C(=O)/C(=C(\O)c2ccc(OC)cc2)C1c1cccnc1. The maximum atomic E-state index is 12.7. The molecule has 6 nitrogen and oxygen atoms in total. The minimum Gasteiger partial charge on any atom is -0.507 e. The lowest BCUT2D eigenvalue weighted by molar-refractivity contribution is -0.139. The Balaban J connectivity index is 2.14. The van der Waals surface area contributed by atoms with E-state index in [4.69, 9.17) is 4.74 Å². The van der Waals surface area contributed by atoms with Crippen LogP contribution in [-0.4, -0.2) is 40.3 Å². The molecule has 0 bridgehead atoms. The summed E-state index contributed by atoms with van der Waals surface area (Å²) in [5.74, 6) is -0.841. The molecule has 1 unspecified atom stereocenters. The van der Waals surface area contributed by atoms with Crippen LogP contribution in [0, 0.1) is 0 Å². The van der Waals surface area contributed by atoms with E-state index in [9.17, 15) is 14.7 Å². The van der Waals surface area contributed by atoms with Crippen molar-refractivity contribution in [2.75, 3.05) is 13.7 Å². The topological polar surface area (TPSA) is 79.7 Å². The number of amides is 1. The van der Waals surface area contributed by atoms with Crippen LogP contribution in [0.1, 0.15) is 30.5 Å². The normalized spacial score (nSPS) is 19.0. The lowest BCUT2D eigenvalue weighted by Gasteiger charge is -2.24. The maximum Gasteiger partial charge on any atom is 0.295 e. The molecule has 1 fully saturated rings. The molecule has 0 saturated carbocycles. The molecule has 1 aromatic carbocycles. The molecule has 6 heteroatoms. The zero-order chi connectivity index (χ0) is 18.7. The van der Waals surface area contributed by atoms with Gasteiger partial charge in [0.2, 0.25) is 0 Å². The molecule has 2 aromatic rings. The number of benzene rings is 1. The lowest BCUT2D eigenvalue weighted by atomic mass is 9.96. The highest BCUT2D eigenvalue weighted by molar-refractivity contribution is 6.46. The summed E-state index contributed by atoms with van der Waals surface area (Å²) in [4.78, 5) is 30.8. The molecule has 1 amide bonds. The van der Waals surface area contributed by atoms with Crippen molar-refractivity contribution in [3.8, 4) is 5.75 Å². The summed E-state index contributed by atoms with van der Waals surface area (Å²) in [7, 11) is 1.55. The molecule has 26 heavy (non-hydrogen) atoms. The molecule has 1 N–H and O–H groups in total. The van der Waals surface area contributed by atoms with Crippen molar-refractivity contribution in [3.05, 3.63) is 65.5 Å². The first-order valence-corrected chi connectivity index (χ1v) is 8.41. The molecule has 1 aliphatic heterocycles. The van der Waals surface area contributed by atoms with Gasteiger partial charge >= 0.3 is 0 Å². The summed E-state index contributed by atoms with van der Waals surface area (Å²) in [5.41, 5.74) is 1.23. The number of nitrogens with zero attached hydrogens (tertiary/aromatic N) is 2. The van der Waals surface area contributed by atoms with Crippen LogP contribution >= 0.6 is 0 Å². The quantitative estimate of drug-likeness (QED) is 0.508. The maximum absolute atomic E-state index is 12.7. The first-order chi connectivity index (χ1) is 12.6. The monoisotopic (exact) mass is 352 g/mol. The number of methoxy groups -OCH3 is 1. The van der Waals surface area contributed by atoms with Crippen LogP contribution in [0.25, 0.3) is 5.76 Å². The van der Waals surface area contributed by atoms with E-state index in [1.807, 2.05) is 6.92 Å². The second-order valence-corrected chi connectivity index (χ2v) is 6.01. The van der Waals surface area contributed by atoms with Crippen LogP contribution in [0.5, 0.6) is 5.75 Å². The fourth-order valence-electron chi connectivity index (χ4n) is 3.14. The van der Waals surface area contributed by atoms with Gasteiger partial charge in [0, 0.05) is 24.5 Å². The number of hydrogen-bond donors (Lipinski definition) is 1. The summed E-state index contributed by atoms with van der Waals surface area (Å²) in [6.45, 7) is 2.35. The van der Waals surface area contributed by atoms with Gasteiger partial charge < -0.3 is 14.7 Å². The Labute approximate surface area is 151 Å². The van der Waals surface area contributed by atoms with Crippen molar-refractivity contribution in [1.82, 2.24) is 9.88 Å². The van der Waals surface area contributed by atoms with E-state index < -0.39 is 17.7 Å².